The molecule has 0 heterocycles. The normalized spacial score (nSPS) is 14.2. The molecule has 0 spiro atoms. The van der Waals surface area contributed by atoms with Gasteiger partial charge in [-0.1, -0.05) is 30.3 Å². The average Bonchev–Trinajstić information content (AvgIpc) is 2.04. The van der Waals surface area contributed by atoms with E-state index in [1.54, 1.807) is 13.8 Å². The molecule has 0 radical (unpaired) electrons. The lowest BCUT2D eigenvalue weighted by molar-refractivity contribution is 0.0521. The van der Waals surface area contributed by atoms with Crippen LogP contribution in [0.5, 0.6) is 0 Å². The lowest BCUT2D eigenvalue weighted by Gasteiger charge is -2.25. The number of rotatable bonds is 3. The summed E-state index contributed by atoms with van der Waals surface area (Å²) in [5.41, 5.74) is 6.19. The summed E-state index contributed by atoms with van der Waals surface area (Å²) in [7, 11) is 0. The van der Waals surface area contributed by atoms with E-state index in [0.717, 1.165) is 5.56 Å². The topological polar surface area (TPSA) is 46.2 Å². The number of aliphatic hydroxyl groups is 1. The highest BCUT2D eigenvalue weighted by molar-refractivity contribution is 5.16. The van der Waals surface area contributed by atoms with Crippen LogP contribution in [0.25, 0.3) is 0 Å². The summed E-state index contributed by atoms with van der Waals surface area (Å²) in [6.07, 6.45) is 0.713. The molecule has 0 aliphatic carbocycles. The minimum atomic E-state index is -0.810. The lowest BCUT2D eigenvalue weighted by atomic mass is 9.93. The van der Waals surface area contributed by atoms with Gasteiger partial charge in [0.15, 0.2) is 0 Å². The number of hydrogen-bond donors (Lipinski definition) is 2. The van der Waals surface area contributed by atoms with E-state index in [1.165, 1.54) is 0 Å². The van der Waals surface area contributed by atoms with E-state index in [0.29, 0.717) is 6.42 Å². The molecule has 0 aliphatic heterocycles. The van der Waals surface area contributed by atoms with Gasteiger partial charge in [0.25, 0.3) is 0 Å². The smallest absolute Gasteiger partial charge is 0.0745 e. The van der Waals surface area contributed by atoms with Crippen LogP contribution in [0.3, 0.4) is 0 Å². The van der Waals surface area contributed by atoms with Crippen LogP contribution in [0, 0.1) is 0 Å². The highest BCUT2D eigenvalue weighted by atomic mass is 16.3. The standard InChI is InChI=1S/C11H17NO/c1-11(2,13)10(12)8-9-6-4-3-5-7-9/h3-7,10,13H,8,12H2,1-2H3/t10-/m1/s1. The van der Waals surface area contributed by atoms with Crippen molar-refractivity contribution in [1.29, 1.82) is 0 Å². The first-order valence-electron chi connectivity index (χ1n) is 4.52. The van der Waals surface area contributed by atoms with Crippen molar-refractivity contribution in [3.05, 3.63) is 35.9 Å². The minimum absolute atomic E-state index is 0.213. The Hall–Kier alpha value is -0.860. The van der Waals surface area contributed by atoms with E-state index in [1.807, 2.05) is 30.3 Å². The Morgan fingerprint density at radius 3 is 2.31 bits per heavy atom. The van der Waals surface area contributed by atoms with Crippen LogP contribution in [0.15, 0.2) is 30.3 Å². The Balaban J connectivity index is 2.61. The highest BCUT2D eigenvalue weighted by Crippen LogP contribution is 2.11. The van der Waals surface area contributed by atoms with Gasteiger partial charge in [0.05, 0.1) is 5.60 Å². The molecule has 0 fully saturated rings. The fourth-order valence-electron chi connectivity index (χ4n) is 1.12. The van der Waals surface area contributed by atoms with Crippen molar-refractivity contribution < 1.29 is 5.11 Å². The number of benzene rings is 1. The van der Waals surface area contributed by atoms with Gasteiger partial charge in [-0.3, -0.25) is 0 Å². The predicted octanol–water partition coefficient (Wildman–Crippen LogP) is 1.33. The molecule has 0 amide bonds. The second-order valence-electron chi connectivity index (χ2n) is 3.95. The molecule has 2 heteroatoms. The summed E-state index contributed by atoms with van der Waals surface area (Å²) >= 11 is 0. The number of hydrogen-bond acceptors (Lipinski definition) is 2. The molecule has 0 aromatic heterocycles. The van der Waals surface area contributed by atoms with Gasteiger partial charge in [-0.15, -0.1) is 0 Å². The maximum Gasteiger partial charge on any atom is 0.0745 e. The molecule has 1 rings (SSSR count). The third-order valence-corrected chi connectivity index (χ3v) is 2.21. The van der Waals surface area contributed by atoms with Gasteiger partial charge in [0, 0.05) is 6.04 Å². The molecule has 1 atom stereocenters. The molecular weight excluding hydrogens is 162 g/mol. The molecule has 0 bridgehead atoms. The molecule has 1 aromatic rings. The lowest BCUT2D eigenvalue weighted by Crippen LogP contribution is -2.44. The summed E-state index contributed by atoms with van der Waals surface area (Å²) in [6.45, 7) is 3.47. The fraction of sp³-hybridized carbons (Fsp3) is 0.455. The Morgan fingerprint density at radius 1 is 1.31 bits per heavy atom. The summed E-state index contributed by atoms with van der Waals surface area (Å²) in [6, 6.07) is 9.75. The van der Waals surface area contributed by atoms with E-state index in [2.05, 4.69) is 0 Å². The largest absolute Gasteiger partial charge is 0.389 e. The molecule has 3 N–H and O–H groups in total. The van der Waals surface area contributed by atoms with E-state index < -0.39 is 5.60 Å². The van der Waals surface area contributed by atoms with Gasteiger partial charge in [0.2, 0.25) is 0 Å². The van der Waals surface area contributed by atoms with Crippen molar-refractivity contribution in [2.45, 2.75) is 31.9 Å². The quantitative estimate of drug-likeness (QED) is 0.735. The summed E-state index contributed by atoms with van der Waals surface area (Å²) in [5.74, 6) is 0. The van der Waals surface area contributed by atoms with Crippen LogP contribution in [0.2, 0.25) is 0 Å². The van der Waals surface area contributed by atoms with Crippen molar-refractivity contribution in [2.75, 3.05) is 0 Å². The van der Waals surface area contributed by atoms with E-state index in [4.69, 9.17) is 5.73 Å². The second kappa shape index (κ2) is 3.90. The molecule has 72 valence electrons. The van der Waals surface area contributed by atoms with E-state index >= 15 is 0 Å². The fourth-order valence-corrected chi connectivity index (χ4v) is 1.12. The minimum Gasteiger partial charge on any atom is -0.389 e. The SMILES string of the molecule is CC(C)(O)[C@H](N)Cc1ccccc1. The summed E-state index contributed by atoms with van der Waals surface area (Å²) in [5, 5.41) is 9.62. The molecule has 1 aromatic carbocycles. The van der Waals surface area contributed by atoms with Crippen molar-refractivity contribution in [3.8, 4) is 0 Å². The Bertz CT molecular complexity index is 251. The molecule has 0 unspecified atom stereocenters. The van der Waals surface area contributed by atoms with Gasteiger partial charge in [-0.25, -0.2) is 0 Å². The zero-order chi connectivity index (χ0) is 9.90. The molecule has 0 saturated carbocycles. The number of nitrogens with two attached hydrogens (primary N) is 1. The van der Waals surface area contributed by atoms with Crippen molar-refractivity contribution >= 4 is 0 Å². The molecule has 13 heavy (non-hydrogen) atoms. The first-order valence-corrected chi connectivity index (χ1v) is 4.52. The third kappa shape index (κ3) is 3.17. The third-order valence-electron chi connectivity index (χ3n) is 2.21. The van der Waals surface area contributed by atoms with E-state index in [9.17, 15) is 5.11 Å². The van der Waals surface area contributed by atoms with Crippen LogP contribution in [-0.2, 0) is 6.42 Å². The average molecular weight is 179 g/mol. The summed E-state index contributed by atoms with van der Waals surface area (Å²) in [4.78, 5) is 0. The van der Waals surface area contributed by atoms with Gasteiger partial charge in [-0.05, 0) is 25.8 Å². The molecule has 0 aliphatic rings. The summed E-state index contributed by atoms with van der Waals surface area (Å²) < 4.78 is 0. The Labute approximate surface area is 79.4 Å². The van der Waals surface area contributed by atoms with Crippen LogP contribution >= 0.6 is 0 Å². The monoisotopic (exact) mass is 179 g/mol. The molecular formula is C11H17NO. The zero-order valence-corrected chi connectivity index (χ0v) is 8.20. The van der Waals surface area contributed by atoms with Crippen molar-refractivity contribution in [1.82, 2.24) is 0 Å². The first kappa shape index (κ1) is 10.2. The van der Waals surface area contributed by atoms with Gasteiger partial charge in [0.1, 0.15) is 0 Å². The van der Waals surface area contributed by atoms with E-state index in [-0.39, 0.29) is 6.04 Å². The Kier molecular flexibility index (Phi) is 3.07. The van der Waals surface area contributed by atoms with Gasteiger partial charge >= 0.3 is 0 Å². The first-order chi connectivity index (χ1) is 6.00. The van der Waals surface area contributed by atoms with Crippen molar-refractivity contribution in [3.63, 3.8) is 0 Å². The van der Waals surface area contributed by atoms with Gasteiger partial charge in [-0.2, -0.15) is 0 Å². The zero-order valence-electron chi connectivity index (χ0n) is 8.20. The predicted molar refractivity (Wildman–Crippen MR) is 54.4 cm³/mol. The van der Waals surface area contributed by atoms with Gasteiger partial charge < -0.3 is 10.8 Å². The van der Waals surface area contributed by atoms with Crippen molar-refractivity contribution in [2.24, 2.45) is 5.73 Å². The molecule has 0 saturated heterocycles. The van der Waals surface area contributed by atoms with Crippen LogP contribution in [0.4, 0.5) is 0 Å². The van der Waals surface area contributed by atoms with Crippen LogP contribution in [-0.4, -0.2) is 16.7 Å². The van der Waals surface area contributed by atoms with Crippen LogP contribution < -0.4 is 5.73 Å². The van der Waals surface area contributed by atoms with Crippen LogP contribution in [0.1, 0.15) is 19.4 Å². The maximum absolute atomic E-state index is 9.62. The second-order valence-corrected chi connectivity index (χ2v) is 3.95. The molecule has 2 nitrogen and oxygen atoms in total. The Morgan fingerprint density at radius 2 is 1.85 bits per heavy atom. The maximum atomic E-state index is 9.62. The highest BCUT2D eigenvalue weighted by Gasteiger charge is 2.22.